The van der Waals surface area contributed by atoms with Gasteiger partial charge in [0, 0.05) is 22.3 Å². The molecule has 0 saturated heterocycles. The molecule has 3 N–H and O–H groups in total. The monoisotopic (exact) mass is 285 g/mol. The molecule has 0 aliphatic heterocycles. The summed E-state index contributed by atoms with van der Waals surface area (Å²) in [5, 5.41) is 8.72. The van der Waals surface area contributed by atoms with Gasteiger partial charge in [-0.05, 0) is 49.1 Å². The Balaban J connectivity index is 3.01. The highest BCUT2D eigenvalue weighted by molar-refractivity contribution is 7.99. The molecule has 0 aliphatic rings. The minimum Gasteiger partial charge on any atom is -0.481 e. The van der Waals surface area contributed by atoms with Crippen LogP contribution in [-0.4, -0.2) is 23.6 Å². The topological polar surface area (TPSA) is 63.3 Å². The Morgan fingerprint density at radius 1 is 1.33 bits per heavy atom. The fourth-order valence-corrected chi connectivity index (χ4v) is 3.16. The van der Waals surface area contributed by atoms with Gasteiger partial charge < -0.3 is 10.8 Å². The Hall–Kier alpha value is -0.650. The van der Waals surface area contributed by atoms with E-state index in [1.54, 1.807) is 23.5 Å². The molecular formula is C13H19NO2S2. The van der Waals surface area contributed by atoms with Gasteiger partial charge in [-0.3, -0.25) is 4.79 Å². The molecule has 0 spiro atoms. The molecule has 5 heteroatoms. The molecule has 0 fully saturated rings. The lowest BCUT2D eigenvalue weighted by molar-refractivity contribution is -0.137. The number of carboxylic acid groups (broad SMARTS) is 1. The number of carbonyl (C=O) groups is 1. The van der Waals surface area contributed by atoms with Crippen LogP contribution in [0.4, 0.5) is 0 Å². The maximum atomic E-state index is 10.6. The highest BCUT2D eigenvalue weighted by atomic mass is 32.2. The summed E-state index contributed by atoms with van der Waals surface area (Å²) in [6, 6.07) is 4.01. The number of aliphatic carboxylic acids is 1. The van der Waals surface area contributed by atoms with E-state index in [-0.39, 0.29) is 12.5 Å². The molecule has 1 aromatic carbocycles. The van der Waals surface area contributed by atoms with Gasteiger partial charge in [0.25, 0.3) is 0 Å². The van der Waals surface area contributed by atoms with Crippen molar-refractivity contribution in [2.45, 2.75) is 35.6 Å². The maximum absolute atomic E-state index is 10.6. The van der Waals surface area contributed by atoms with Crippen molar-refractivity contribution in [1.82, 2.24) is 0 Å². The van der Waals surface area contributed by atoms with Gasteiger partial charge in [-0.15, -0.1) is 23.5 Å². The van der Waals surface area contributed by atoms with Gasteiger partial charge in [0.15, 0.2) is 0 Å². The van der Waals surface area contributed by atoms with E-state index in [0.717, 1.165) is 10.5 Å². The molecule has 0 heterocycles. The number of rotatable bonds is 6. The van der Waals surface area contributed by atoms with E-state index in [2.05, 4.69) is 19.1 Å². The van der Waals surface area contributed by atoms with Gasteiger partial charge in [0.1, 0.15) is 0 Å². The van der Waals surface area contributed by atoms with Crippen molar-refractivity contribution >= 4 is 29.5 Å². The first-order valence-corrected chi connectivity index (χ1v) is 8.14. The van der Waals surface area contributed by atoms with E-state index in [4.69, 9.17) is 10.8 Å². The van der Waals surface area contributed by atoms with Crippen LogP contribution < -0.4 is 5.73 Å². The van der Waals surface area contributed by atoms with Crippen LogP contribution in [0.1, 0.15) is 30.0 Å². The molecule has 0 bridgehead atoms. The lowest BCUT2D eigenvalue weighted by Gasteiger charge is -2.17. The lowest BCUT2D eigenvalue weighted by Crippen LogP contribution is -2.13. The summed E-state index contributed by atoms with van der Waals surface area (Å²) in [4.78, 5) is 12.9. The van der Waals surface area contributed by atoms with Crippen LogP contribution >= 0.6 is 23.5 Å². The summed E-state index contributed by atoms with van der Waals surface area (Å²) in [6.45, 7) is 2.08. The molecule has 3 nitrogen and oxygen atoms in total. The minimum atomic E-state index is -0.798. The molecule has 0 amide bonds. The van der Waals surface area contributed by atoms with Gasteiger partial charge in [-0.2, -0.15) is 0 Å². The zero-order chi connectivity index (χ0) is 13.7. The normalized spacial score (nSPS) is 12.4. The van der Waals surface area contributed by atoms with Crippen molar-refractivity contribution in [3.8, 4) is 0 Å². The van der Waals surface area contributed by atoms with E-state index >= 15 is 0 Å². The third-order valence-corrected chi connectivity index (χ3v) is 4.49. The third kappa shape index (κ3) is 3.93. The Morgan fingerprint density at radius 2 is 1.94 bits per heavy atom. The largest absolute Gasteiger partial charge is 0.481 e. The van der Waals surface area contributed by atoms with Crippen molar-refractivity contribution < 1.29 is 9.90 Å². The molecule has 18 heavy (non-hydrogen) atoms. The van der Waals surface area contributed by atoms with Crippen LogP contribution in [0, 0.1) is 6.92 Å². The number of nitrogens with two attached hydrogens (primary N) is 1. The number of benzene rings is 1. The molecule has 0 aromatic heterocycles. The predicted octanol–water partition coefficient (Wildman–Crippen LogP) is 3.30. The standard InChI is InChI=1S/C13H19NO2S2/c1-8-6-12(18-3)9(7-11(8)17-2)10(14)4-5-13(15)16/h6-7,10H,4-5,14H2,1-3H3,(H,15,16). The van der Waals surface area contributed by atoms with Crippen molar-refractivity contribution in [1.29, 1.82) is 0 Å². The smallest absolute Gasteiger partial charge is 0.303 e. The number of hydrogen-bond acceptors (Lipinski definition) is 4. The van der Waals surface area contributed by atoms with Gasteiger partial charge in [-0.25, -0.2) is 0 Å². The van der Waals surface area contributed by atoms with Crippen LogP contribution in [0.25, 0.3) is 0 Å². The van der Waals surface area contributed by atoms with E-state index in [1.807, 2.05) is 12.5 Å². The van der Waals surface area contributed by atoms with Gasteiger partial charge in [-0.1, -0.05) is 0 Å². The Morgan fingerprint density at radius 3 is 2.44 bits per heavy atom. The molecular weight excluding hydrogens is 266 g/mol. The minimum absolute atomic E-state index is 0.109. The quantitative estimate of drug-likeness (QED) is 0.785. The summed E-state index contributed by atoms with van der Waals surface area (Å²) in [6.07, 6.45) is 4.63. The Labute approximate surface area is 117 Å². The maximum Gasteiger partial charge on any atom is 0.303 e. The highest BCUT2D eigenvalue weighted by Crippen LogP contribution is 2.33. The molecule has 0 radical (unpaired) electrons. The molecule has 1 aromatic rings. The number of hydrogen-bond donors (Lipinski definition) is 2. The van der Waals surface area contributed by atoms with Crippen molar-refractivity contribution in [2.75, 3.05) is 12.5 Å². The molecule has 1 unspecified atom stereocenters. The first kappa shape index (κ1) is 15.4. The van der Waals surface area contributed by atoms with Crippen LogP contribution in [0.2, 0.25) is 0 Å². The van der Waals surface area contributed by atoms with Gasteiger partial charge in [0.05, 0.1) is 0 Å². The number of aryl methyl sites for hydroxylation is 1. The summed E-state index contributed by atoms with van der Waals surface area (Å²) in [7, 11) is 0. The summed E-state index contributed by atoms with van der Waals surface area (Å²) < 4.78 is 0. The molecule has 100 valence electrons. The SMILES string of the molecule is CSc1cc(C(N)CCC(=O)O)c(SC)cc1C. The summed E-state index contributed by atoms with van der Waals surface area (Å²) >= 11 is 3.34. The molecule has 1 rings (SSSR count). The average Bonchev–Trinajstić information content (AvgIpc) is 2.35. The Kier molecular flexibility index (Phi) is 6.05. The molecule has 1 atom stereocenters. The van der Waals surface area contributed by atoms with Crippen molar-refractivity contribution in [3.63, 3.8) is 0 Å². The van der Waals surface area contributed by atoms with E-state index in [0.29, 0.717) is 6.42 Å². The predicted molar refractivity (Wildman–Crippen MR) is 78.5 cm³/mol. The van der Waals surface area contributed by atoms with Crippen LogP contribution in [0.5, 0.6) is 0 Å². The van der Waals surface area contributed by atoms with E-state index < -0.39 is 5.97 Å². The Bertz CT molecular complexity index is 435. The molecule has 0 saturated carbocycles. The second-order valence-electron chi connectivity index (χ2n) is 4.10. The van der Waals surface area contributed by atoms with E-state index in [9.17, 15) is 4.79 Å². The summed E-state index contributed by atoms with van der Waals surface area (Å²) in [5.41, 5.74) is 8.40. The highest BCUT2D eigenvalue weighted by Gasteiger charge is 2.14. The van der Waals surface area contributed by atoms with Gasteiger partial charge in [0.2, 0.25) is 0 Å². The summed E-state index contributed by atoms with van der Waals surface area (Å²) in [5.74, 6) is -0.798. The zero-order valence-electron chi connectivity index (χ0n) is 10.9. The second-order valence-corrected chi connectivity index (χ2v) is 5.80. The first-order valence-electron chi connectivity index (χ1n) is 5.69. The fourth-order valence-electron chi connectivity index (χ4n) is 1.80. The fraction of sp³-hybridized carbons (Fsp3) is 0.462. The van der Waals surface area contributed by atoms with Crippen LogP contribution in [0.3, 0.4) is 0 Å². The number of thioether (sulfide) groups is 2. The van der Waals surface area contributed by atoms with Crippen LogP contribution in [-0.2, 0) is 4.79 Å². The zero-order valence-corrected chi connectivity index (χ0v) is 12.5. The average molecular weight is 285 g/mol. The van der Waals surface area contributed by atoms with Crippen LogP contribution in [0.15, 0.2) is 21.9 Å². The number of carboxylic acids is 1. The van der Waals surface area contributed by atoms with Crippen molar-refractivity contribution in [2.24, 2.45) is 5.73 Å². The van der Waals surface area contributed by atoms with Crippen molar-refractivity contribution in [3.05, 3.63) is 23.3 Å². The second kappa shape index (κ2) is 7.07. The van der Waals surface area contributed by atoms with E-state index in [1.165, 1.54) is 10.5 Å². The first-order chi connectivity index (χ1) is 8.49. The molecule has 0 aliphatic carbocycles. The third-order valence-electron chi connectivity index (χ3n) is 2.82. The lowest BCUT2D eigenvalue weighted by atomic mass is 10.0. The van der Waals surface area contributed by atoms with Gasteiger partial charge >= 0.3 is 5.97 Å².